The summed E-state index contributed by atoms with van der Waals surface area (Å²) in [5.41, 5.74) is 0. The van der Waals surface area contributed by atoms with Crippen LogP contribution in [0.2, 0.25) is 0 Å². The summed E-state index contributed by atoms with van der Waals surface area (Å²) in [5.74, 6) is 0.668. The first-order valence-electron chi connectivity index (χ1n) is 8.58. The van der Waals surface area contributed by atoms with E-state index in [9.17, 15) is 9.59 Å². The molecule has 23 heavy (non-hydrogen) atoms. The highest BCUT2D eigenvalue weighted by Gasteiger charge is 2.34. The van der Waals surface area contributed by atoms with Gasteiger partial charge >= 0.3 is 0 Å². The number of amides is 2. The second-order valence-corrected chi connectivity index (χ2v) is 7.37. The van der Waals surface area contributed by atoms with Gasteiger partial charge in [-0.25, -0.2) is 0 Å². The topological polar surface area (TPSA) is 61.4 Å². The molecule has 0 saturated carbocycles. The summed E-state index contributed by atoms with van der Waals surface area (Å²) in [6.07, 6.45) is 5.17. The van der Waals surface area contributed by atoms with Crippen molar-refractivity contribution in [2.45, 2.75) is 38.1 Å². The maximum Gasteiger partial charge on any atom is 0.264 e. The van der Waals surface area contributed by atoms with Crippen LogP contribution in [0.1, 0.15) is 41.8 Å². The van der Waals surface area contributed by atoms with E-state index in [1.165, 1.54) is 24.2 Å². The molecule has 0 spiro atoms. The minimum Gasteiger partial charge on any atom is -0.354 e. The fraction of sp³-hybridized carbons (Fsp3) is 0.647. The molecule has 3 heterocycles. The van der Waals surface area contributed by atoms with Crippen LogP contribution in [0.15, 0.2) is 17.5 Å². The Bertz CT molecular complexity index is 526. The molecular weight excluding hydrogens is 310 g/mol. The third-order valence-electron chi connectivity index (χ3n) is 4.80. The van der Waals surface area contributed by atoms with Crippen molar-refractivity contribution in [3.63, 3.8) is 0 Å². The molecule has 2 aliphatic heterocycles. The van der Waals surface area contributed by atoms with Crippen molar-refractivity contribution in [1.82, 2.24) is 15.5 Å². The monoisotopic (exact) mass is 335 g/mol. The van der Waals surface area contributed by atoms with Gasteiger partial charge in [-0.15, -0.1) is 11.3 Å². The van der Waals surface area contributed by atoms with Gasteiger partial charge in [0.2, 0.25) is 5.91 Å². The molecule has 0 bridgehead atoms. The Morgan fingerprint density at radius 3 is 3.00 bits per heavy atom. The summed E-state index contributed by atoms with van der Waals surface area (Å²) >= 11 is 1.44. The van der Waals surface area contributed by atoms with Crippen LogP contribution in [-0.2, 0) is 4.79 Å². The molecule has 5 nitrogen and oxygen atoms in total. The maximum atomic E-state index is 12.5. The number of rotatable bonds is 5. The summed E-state index contributed by atoms with van der Waals surface area (Å²) in [7, 11) is 0. The van der Waals surface area contributed by atoms with Crippen LogP contribution in [0.4, 0.5) is 0 Å². The number of carbonyl (C=O) groups is 2. The number of nitrogens with zero attached hydrogens (tertiary/aromatic N) is 1. The standard InChI is InChI=1S/C17H25N3O2S/c21-16(19-9-7-13-4-1-8-18-12-13)14-5-2-10-20(14)17(22)15-6-3-11-23-15/h3,6,11,13-14,18H,1-2,4-5,7-10,12H2,(H,19,21). The lowest BCUT2D eigenvalue weighted by Gasteiger charge is -2.25. The molecule has 1 aromatic rings. The van der Waals surface area contributed by atoms with E-state index in [1.807, 2.05) is 17.5 Å². The molecule has 3 rings (SSSR count). The predicted octanol–water partition coefficient (Wildman–Crippen LogP) is 1.86. The summed E-state index contributed by atoms with van der Waals surface area (Å²) in [6.45, 7) is 3.57. The van der Waals surface area contributed by atoms with Crippen LogP contribution >= 0.6 is 11.3 Å². The van der Waals surface area contributed by atoms with Gasteiger partial charge in [0, 0.05) is 13.1 Å². The Hall–Kier alpha value is -1.40. The highest BCUT2D eigenvalue weighted by Crippen LogP contribution is 2.22. The second kappa shape index (κ2) is 7.93. The maximum absolute atomic E-state index is 12.5. The van der Waals surface area contributed by atoms with Crippen molar-refractivity contribution >= 4 is 23.2 Å². The van der Waals surface area contributed by atoms with E-state index in [0.717, 1.165) is 37.2 Å². The zero-order valence-corrected chi connectivity index (χ0v) is 14.2. The molecule has 2 N–H and O–H groups in total. The number of thiophene rings is 1. The number of piperidine rings is 1. The van der Waals surface area contributed by atoms with Crippen molar-refractivity contribution in [1.29, 1.82) is 0 Å². The van der Waals surface area contributed by atoms with Gasteiger partial charge in [-0.05, 0) is 62.6 Å². The van der Waals surface area contributed by atoms with Gasteiger partial charge < -0.3 is 15.5 Å². The van der Waals surface area contributed by atoms with Gasteiger partial charge in [-0.3, -0.25) is 9.59 Å². The Morgan fingerprint density at radius 2 is 2.26 bits per heavy atom. The largest absolute Gasteiger partial charge is 0.354 e. The zero-order chi connectivity index (χ0) is 16.1. The van der Waals surface area contributed by atoms with E-state index in [-0.39, 0.29) is 17.9 Å². The van der Waals surface area contributed by atoms with Gasteiger partial charge in [0.25, 0.3) is 5.91 Å². The lowest BCUT2D eigenvalue weighted by molar-refractivity contribution is -0.124. The van der Waals surface area contributed by atoms with E-state index < -0.39 is 0 Å². The zero-order valence-electron chi connectivity index (χ0n) is 13.4. The normalized spacial score (nSPS) is 24.6. The summed E-state index contributed by atoms with van der Waals surface area (Å²) in [4.78, 5) is 27.4. The molecule has 2 atom stereocenters. The number of hydrogen-bond acceptors (Lipinski definition) is 4. The Balaban J connectivity index is 1.48. The van der Waals surface area contributed by atoms with Crippen molar-refractivity contribution in [3.05, 3.63) is 22.4 Å². The van der Waals surface area contributed by atoms with Crippen LogP contribution in [0.3, 0.4) is 0 Å². The quantitative estimate of drug-likeness (QED) is 0.863. The van der Waals surface area contributed by atoms with E-state index >= 15 is 0 Å². The van der Waals surface area contributed by atoms with Crippen LogP contribution in [0.25, 0.3) is 0 Å². The van der Waals surface area contributed by atoms with E-state index in [2.05, 4.69) is 10.6 Å². The Morgan fingerprint density at radius 1 is 1.35 bits per heavy atom. The number of nitrogens with one attached hydrogen (secondary N) is 2. The first-order chi connectivity index (χ1) is 11.3. The van der Waals surface area contributed by atoms with Crippen molar-refractivity contribution in [3.8, 4) is 0 Å². The first-order valence-corrected chi connectivity index (χ1v) is 9.46. The number of carbonyl (C=O) groups excluding carboxylic acids is 2. The molecule has 0 aliphatic carbocycles. The molecule has 126 valence electrons. The molecular formula is C17H25N3O2S. The average Bonchev–Trinajstić information content (AvgIpc) is 3.27. The van der Waals surface area contributed by atoms with Crippen molar-refractivity contribution < 1.29 is 9.59 Å². The van der Waals surface area contributed by atoms with Gasteiger partial charge in [-0.2, -0.15) is 0 Å². The Labute approximate surface area is 141 Å². The Kier molecular flexibility index (Phi) is 5.67. The molecule has 2 fully saturated rings. The van der Waals surface area contributed by atoms with E-state index in [1.54, 1.807) is 4.90 Å². The van der Waals surface area contributed by atoms with Crippen LogP contribution < -0.4 is 10.6 Å². The van der Waals surface area contributed by atoms with Crippen molar-refractivity contribution in [2.75, 3.05) is 26.2 Å². The lowest BCUT2D eigenvalue weighted by atomic mass is 9.96. The molecule has 2 amide bonds. The smallest absolute Gasteiger partial charge is 0.264 e. The number of hydrogen-bond donors (Lipinski definition) is 2. The first kappa shape index (κ1) is 16.5. The second-order valence-electron chi connectivity index (χ2n) is 6.43. The average molecular weight is 335 g/mol. The summed E-state index contributed by atoms with van der Waals surface area (Å²) in [6, 6.07) is 3.41. The minimum atomic E-state index is -0.297. The molecule has 6 heteroatoms. The third kappa shape index (κ3) is 4.12. The van der Waals surface area contributed by atoms with Gasteiger partial charge in [0.15, 0.2) is 0 Å². The summed E-state index contributed by atoms with van der Waals surface area (Å²) < 4.78 is 0. The molecule has 1 aromatic heterocycles. The van der Waals surface area contributed by atoms with E-state index in [0.29, 0.717) is 19.0 Å². The fourth-order valence-corrected chi connectivity index (χ4v) is 4.19. The van der Waals surface area contributed by atoms with Gasteiger partial charge in [0.1, 0.15) is 6.04 Å². The highest BCUT2D eigenvalue weighted by molar-refractivity contribution is 7.12. The third-order valence-corrected chi connectivity index (χ3v) is 5.66. The lowest BCUT2D eigenvalue weighted by Crippen LogP contribution is -2.46. The fourth-order valence-electron chi connectivity index (χ4n) is 3.51. The van der Waals surface area contributed by atoms with E-state index in [4.69, 9.17) is 0 Å². The molecule has 0 radical (unpaired) electrons. The predicted molar refractivity (Wildman–Crippen MR) is 91.6 cm³/mol. The van der Waals surface area contributed by atoms with Gasteiger partial charge in [-0.1, -0.05) is 6.07 Å². The number of likely N-dealkylation sites (tertiary alicyclic amines) is 1. The van der Waals surface area contributed by atoms with Crippen LogP contribution in [-0.4, -0.2) is 48.9 Å². The van der Waals surface area contributed by atoms with Crippen LogP contribution in [0.5, 0.6) is 0 Å². The SMILES string of the molecule is O=C(NCCC1CCCNC1)C1CCCN1C(=O)c1cccs1. The van der Waals surface area contributed by atoms with Gasteiger partial charge in [0.05, 0.1) is 4.88 Å². The van der Waals surface area contributed by atoms with Crippen molar-refractivity contribution in [2.24, 2.45) is 5.92 Å². The molecule has 2 unspecified atom stereocenters. The van der Waals surface area contributed by atoms with Crippen LogP contribution in [0, 0.1) is 5.92 Å². The molecule has 2 saturated heterocycles. The molecule has 0 aromatic carbocycles. The summed E-state index contributed by atoms with van der Waals surface area (Å²) in [5, 5.41) is 8.35. The minimum absolute atomic E-state index is 0.00543. The molecule has 2 aliphatic rings. The highest BCUT2D eigenvalue weighted by atomic mass is 32.1.